The summed E-state index contributed by atoms with van der Waals surface area (Å²) in [5.41, 5.74) is 0. The molecule has 0 heterocycles. The summed E-state index contributed by atoms with van der Waals surface area (Å²) in [5, 5.41) is 0. The van der Waals surface area contributed by atoms with Crippen molar-refractivity contribution in [2.75, 3.05) is 6.61 Å². The fraction of sp³-hybridized carbons (Fsp3) is 0.667. The molecule has 0 bridgehead atoms. The average Bonchev–Trinajstić information content (AvgIpc) is 1.81. The molecule has 0 unspecified atom stereocenters. The minimum Gasteiger partial charge on any atom is -0.424 e. The summed E-state index contributed by atoms with van der Waals surface area (Å²) in [6, 6.07) is 1.11. The highest BCUT2D eigenvalue weighted by Gasteiger charge is 1.81. The Hall–Kier alpha value is -0.0831. The van der Waals surface area contributed by atoms with Crippen molar-refractivity contribution in [3.05, 3.63) is 12.7 Å². The highest BCUT2D eigenvalue weighted by molar-refractivity contribution is 6.27. The predicted molar refractivity (Wildman–Crippen MR) is 39.8 cm³/mol. The summed E-state index contributed by atoms with van der Waals surface area (Å²) in [4.78, 5) is 0. The van der Waals surface area contributed by atoms with Crippen LogP contribution in [0.3, 0.4) is 0 Å². The Bertz CT molecular complexity index is 54.5. The molecule has 0 saturated carbocycles. The molecule has 2 heteroatoms. The van der Waals surface area contributed by atoms with Gasteiger partial charge in [-0.05, 0) is 12.5 Å². The lowest BCUT2D eigenvalue weighted by Crippen LogP contribution is -1.96. The first-order valence-corrected chi connectivity index (χ1v) is 4.68. The number of allylic oxidation sites excluding steroid dienone is 1. The van der Waals surface area contributed by atoms with Gasteiger partial charge in [0.05, 0.1) is 0 Å². The molecule has 0 atom stereocenters. The van der Waals surface area contributed by atoms with E-state index in [9.17, 15) is 0 Å². The van der Waals surface area contributed by atoms with E-state index in [2.05, 4.69) is 13.5 Å². The molecule has 0 radical (unpaired) electrons. The van der Waals surface area contributed by atoms with E-state index >= 15 is 0 Å². The standard InChI is InChI=1S/C6H14OSi/c1-3-5-7-8-6-4-2/h4H,2-3,5-6,8H2,1H3. The summed E-state index contributed by atoms with van der Waals surface area (Å²) in [5.74, 6) is 0. The third kappa shape index (κ3) is 5.92. The fourth-order valence-corrected chi connectivity index (χ4v) is 1.24. The molecule has 1 nitrogen and oxygen atoms in total. The van der Waals surface area contributed by atoms with Crippen LogP contribution < -0.4 is 0 Å². The minimum absolute atomic E-state index is 0.218. The van der Waals surface area contributed by atoms with Crippen molar-refractivity contribution in [2.45, 2.75) is 19.4 Å². The van der Waals surface area contributed by atoms with Crippen LogP contribution in [0, 0.1) is 0 Å². The molecule has 0 aromatic rings. The van der Waals surface area contributed by atoms with Crippen molar-refractivity contribution in [3.63, 3.8) is 0 Å². The number of rotatable bonds is 5. The molecule has 0 aromatic carbocycles. The van der Waals surface area contributed by atoms with Crippen LogP contribution in [0.25, 0.3) is 0 Å². The van der Waals surface area contributed by atoms with Gasteiger partial charge in [-0.15, -0.1) is 6.58 Å². The van der Waals surface area contributed by atoms with Crippen LogP contribution in [0.15, 0.2) is 12.7 Å². The zero-order valence-electron chi connectivity index (χ0n) is 5.52. The van der Waals surface area contributed by atoms with Crippen LogP contribution in [0.5, 0.6) is 0 Å². The van der Waals surface area contributed by atoms with Crippen LogP contribution in [-0.2, 0) is 4.43 Å². The Morgan fingerprint density at radius 3 is 3.00 bits per heavy atom. The third-order valence-corrected chi connectivity index (χ3v) is 2.04. The first-order chi connectivity index (χ1) is 3.91. The molecule has 0 aromatic heterocycles. The van der Waals surface area contributed by atoms with Crippen molar-refractivity contribution in [1.82, 2.24) is 0 Å². The molecule has 0 spiro atoms. The highest BCUT2D eigenvalue weighted by Crippen LogP contribution is 1.82. The summed E-state index contributed by atoms with van der Waals surface area (Å²) in [6.07, 6.45) is 3.08. The summed E-state index contributed by atoms with van der Waals surface area (Å²) < 4.78 is 5.29. The predicted octanol–water partition coefficient (Wildman–Crippen LogP) is 1.10. The molecule has 0 N–H and O–H groups in total. The zero-order chi connectivity index (χ0) is 6.24. The van der Waals surface area contributed by atoms with Crippen molar-refractivity contribution < 1.29 is 4.43 Å². The second-order valence-electron chi connectivity index (χ2n) is 1.69. The summed E-state index contributed by atoms with van der Waals surface area (Å²) in [7, 11) is -0.218. The first kappa shape index (κ1) is 7.92. The van der Waals surface area contributed by atoms with Crippen molar-refractivity contribution in [1.29, 1.82) is 0 Å². The maximum absolute atomic E-state index is 5.29. The van der Waals surface area contributed by atoms with Crippen molar-refractivity contribution >= 4 is 9.76 Å². The summed E-state index contributed by atoms with van der Waals surface area (Å²) >= 11 is 0. The largest absolute Gasteiger partial charge is 0.424 e. The van der Waals surface area contributed by atoms with Crippen LogP contribution in [-0.4, -0.2) is 16.4 Å². The van der Waals surface area contributed by atoms with Gasteiger partial charge in [-0.3, -0.25) is 0 Å². The molecule has 0 rings (SSSR count). The quantitative estimate of drug-likeness (QED) is 0.308. The van der Waals surface area contributed by atoms with E-state index < -0.39 is 0 Å². The monoisotopic (exact) mass is 130 g/mol. The van der Waals surface area contributed by atoms with E-state index in [0.29, 0.717) is 0 Å². The van der Waals surface area contributed by atoms with Gasteiger partial charge in [-0.2, -0.15) is 0 Å². The molecule has 0 aliphatic carbocycles. The van der Waals surface area contributed by atoms with Gasteiger partial charge in [0.15, 0.2) is 9.76 Å². The Balaban J connectivity index is 2.62. The normalized spacial score (nSPS) is 10.6. The molecular weight excluding hydrogens is 116 g/mol. The Labute approximate surface area is 53.7 Å². The molecule has 0 amide bonds. The SMILES string of the molecule is C=CC[SiH2]OCCC. The van der Waals surface area contributed by atoms with Gasteiger partial charge in [-0.25, -0.2) is 0 Å². The molecular formula is C6H14OSi. The Morgan fingerprint density at radius 1 is 1.75 bits per heavy atom. The number of hydrogen-bond donors (Lipinski definition) is 0. The third-order valence-electron chi connectivity index (χ3n) is 0.815. The van der Waals surface area contributed by atoms with Crippen LogP contribution in [0.4, 0.5) is 0 Å². The molecule has 8 heavy (non-hydrogen) atoms. The van der Waals surface area contributed by atoms with Gasteiger partial charge in [0.2, 0.25) is 0 Å². The zero-order valence-corrected chi connectivity index (χ0v) is 6.94. The van der Waals surface area contributed by atoms with Gasteiger partial charge in [-0.1, -0.05) is 13.0 Å². The van der Waals surface area contributed by atoms with Gasteiger partial charge < -0.3 is 4.43 Å². The molecule has 0 fully saturated rings. The molecule has 0 aliphatic heterocycles. The van der Waals surface area contributed by atoms with Gasteiger partial charge in [0.25, 0.3) is 0 Å². The lowest BCUT2D eigenvalue weighted by molar-refractivity contribution is 0.336. The topological polar surface area (TPSA) is 9.23 Å². The van der Waals surface area contributed by atoms with E-state index in [1.807, 2.05) is 6.08 Å². The van der Waals surface area contributed by atoms with E-state index in [1.165, 1.54) is 0 Å². The Kier molecular flexibility index (Phi) is 6.85. The molecule has 0 saturated heterocycles. The number of hydrogen-bond acceptors (Lipinski definition) is 1. The van der Waals surface area contributed by atoms with Gasteiger partial charge in [0.1, 0.15) is 0 Å². The maximum atomic E-state index is 5.29. The highest BCUT2D eigenvalue weighted by atomic mass is 28.2. The van der Waals surface area contributed by atoms with Crippen LogP contribution >= 0.6 is 0 Å². The second kappa shape index (κ2) is 6.92. The smallest absolute Gasteiger partial charge is 0.165 e. The summed E-state index contributed by atoms with van der Waals surface area (Å²) in [6.45, 7) is 6.68. The maximum Gasteiger partial charge on any atom is 0.165 e. The second-order valence-corrected chi connectivity index (χ2v) is 3.08. The lowest BCUT2D eigenvalue weighted by Gasteiger charge is -1.95. The Morgan fingerprint density at radius 2 is 2.50 bits per heavy atom. The average molecular weight is 130 g/mol. The molecule has 48 valence electrons. The van der Waals surface area contributed by atoms with E-state index in [0.717, 1.165) is 19.1 Å². The van der Waals surface area contributed by atoms with Crippen LogP contribution in [0.2, 0.25) is 6.04 Å². The van der Waals surface area contributed by atoms with Crippen molar-refractivity contribution in [2.24, 2.45) is 0 Å². The fourth-order valence-electron chi connectivity index (χ4n) is 0.413. The first-order valence-electron chi connectivity index (χ1n) is 3.10. The van der Waals surface area contributed by atoms with E-state index in [-0.39, 0.29) is 9.76 Å². The van der Waals surface area contributed by atoms with E-state index in [4.69, 9.17) is 4.43 Å². The van der Waals surface area contributed by atoms with Crippen LogP contribution in [0.1, 0.15) is 13.3 Å². The van der Waals surface area contributed by atoms with Gasteiger partial charge >= 0.3 is 0 Å². The van der Waals surface area contributed by atoms with Gasteiger partial charge in [0, 0.05) is 6.61 Å². The van der Waals surface area contributed by atoms with E-state index in [1.54, 1.807) is 0 Å². The lowest BCUT2D eigenvalue weighted by atomic mass is 10.5. The minimum atomic E-state index is -0.218. The van der Waals surface area contributed by atoms with Crippen molar-refractivity contribution in [3.8, 4) is 0 Å². The molecule has 0 aliphatic rings.